The number of carboxylic acids is 1. The Labute approximate surface area is 128 Å². The molecule has 6 heteroatoms. The second-order valence-corrected chi connectivity index (χ2v) is 5.73. The lowest BCUT2D eigenvalue weighted by molar-refractivity contribution is -0.143. The number of aliphatic carboxylic acids is 1. The van der Waals surface area contributed by atoms with E-state index in [1.807, 2.05) is 12.1 Å². The van der Waals surface area contributed by atoms with E-state index in [2.05, 4.69) is 0 Å². The Hall–Kier alpha value is -1.95. The quantitative estimate of drug-likeness (QED) is 0.823. The Bertz CT molecular complexity index is 566. The summed E-state index contributed by atoms with van der Waals surface area (Å²) >= 11 is 4.91. The highest BCUT2D eigenvalue weighted by Gasteiger charge is 2.28. The van der Waals surface area contributed by atoms with Crippen molar-refractivity contribution < 1.29 is 14.7 Å². The van der Waals surface area contributed by atoms with Crippen molar-refractivity contribution in [1.29, 1.82) is 0 Å². The van der Waals surface area contributed by atoms with E-state index in [1.54, 1.807) is 17.0 Å². The smallest absolute Gasteiger partial charge is 0.306 e. The molecule has 0 atom stereocenters. The maximum atomic E-state index is 12.6. The Kier molecular flexibility index (Phi) is 4.90. The van der Waals surface area contributed by atoms with E-state index in [0.717, 1.165) is 5.56 Å². The number of rotatable bonds is 4. The Morgan fingerprint density at radius 1 is 1.29 bits per heavy atom. The molecular formula is C15H18N2O3S. The number of carbonyl (C=O) groups excluding carboxylic acids is 1. The zero-order chi connectivity index (χ0) is 15.4. The van der Waals surface area contributed by atoms with Gasteiger partial charge in [0.1, 0.15) is 0 Å². The van der Waals surface area contributed by atoms with Crippen LogP contribution in [-0.4, -0.2) is 40.0 Å². The number of nitrogens with two attached hydrogens (primary N) is 1. The molecule has 5 nitrogen and oxygen atoms in total. The van der Waals surface area contributed by atoms with E-state index >= 15 is 0 Å². The lowest BCUT2D eigenvalue weighted by atomic mass is 9.95. The van der Waals surface area contributed by atoms with Crippen LogP contribution >= 0.6 is 12.2 Å². The molecule has 0 aromatic heterocycles. The molecule has 1 aliphatic heterocycles. The molecule has 1 aromatic rings. The Morgan fingerprint density at radius 2 is 1.90 bits per heavy atom. The molecule has 2 rings (SSSR count). The van der Waals surface area contributed by atoms with Gasteiger partial charge in [-0.15, -0.1) is 0 Å². The number of nitrogens with zero attached hydrogens (tertiary/aromatic N) is 1. The normalized spacial score (nSPS) is 15.7. The molecule has 0 radical (unpaired) electrons. The second-order valence-electron chi connectivity index (χ2n) is 5.20. The van der Waals surface area contributed by atoms with Gasteiger partial charge in [0.2, 0.25) is 0 Å². The van der Waals surface area contributed by atoms with E-state index in [1.165, 1.54) is 0 Å². The molecule has 112 valence electrons. The summed E-state index contributed by atoms with van der Waals surface area (Å²) in [5.74, 6) is -1.21. The first-order chi connectivity index (χ1) is 9.99. The number of hydrogen-bond donors (Lipinski definition) is 2. The monoisotopic (exact) mass is 306 g/mol. The molecule has 0 spiro atoms. The molecule has 3 N–H and O–H groups in total. The van der Waals surface area contributed by atoms with Crippen LogP contribution in [0.4, 0.5) is 0 Å². The molecule has 1 fully saturated rings. The standard InChI is InChI=1S/C15H18N2O3S/c16-13(21)9-11-3-1-2-4-12(11)14(18)17-7-5-10(6-8-17)15(19)20/h1-4,10H,5-9H2,(H2,16,21)(H,19,20). The summed E-state index contributed by atoms with van der Waals surface area (Å²) < 4.78 is 0. The molecule has 1 aromatic carbocycles. The van der Waals surface area contributed by atoms with E-state index in [-0.39, 0.29) is 11.8 Å². The number of benzene rings is 1. The predicted molar refractivity (Wildman–Crippen MR) is 83.2 cm³/mol. The summed E-state index contributed by atoms with van der Waals surface area (Å²) in [5.41, 5.74) is 6.98. The minimum absolute atomic E-state index is 0.0781. The van der Waals surface area contributed by atoms with Crippen molar-refractivity contribution >= 4 is 29.1 Å². The Balaban J connectivity index is 2.11. The van der Waals surface area contributed by atoms with Crippen LogP contribution in [-0.2, 0) is 11.2 Å². The zero-order valence-corrected chi connectivity index (χ0v) is 12.4. The van der Waals surface area contributed by atoms with Crippen molar-refractivity contribution in [2.24, 2.45) is 11.7 Å². The van der Waals surface area contributed by atoms with Gasteiger partial charge in [0, 0.05) is 25.1 Å². The summed E-state index contributed by atoms with van der Waals surface area (Å²) in [6.45, 7) is 0.939. The third-order valence-electron chi connectivity index (χ3n) is 3.74. The van der Waals surface area contributed by atoms with Crippen LogP contribution in [0.25, 0.3) is 0 Å². The molecular weight excluding hydrogens is 288 g/mol. The van der Waals surface area contributed by atoms with E-state index in [4.69, 9.17) is 23.1 Å². The molecule has 0 unspecified atom stereocenters. The van der Waals surface area contributed by atoms with Crippen molar-refractivity contribution in [2.75, 3.05) is 13.1 Å². The highest BCUT2D eigenvalue weighted by molar-refractivity contribution is 7.80. The summed E-state index contributed by atoms with van der Waals surface area (Å²) in [5, 5.41) is 8.99. The zero-order valence-electron chi connectivity index (χ0n) is 11.6. The minimum Gasteiger partial charge on any atom is -0.481 e. The number of carbonyl (C=O) groups is 2. The average molecular weight is 306 g/mol. The van der Waals surface area contributed by atoms with Gasteiger partial charge < -0.3 is 15.7 Å². The molecule has 1 amide bonds. The van der Waals surface area contributed by atoms with Crippen LogP contribution in [0.2, 0.25) is 0 Å². The highest BCUT2D eigenvalue weighted by atomic mass is 32.1. The predicted octanol–water partition coefficient (Wildman–Crippen LogP) is 1.45. The Morgan fingerprint density at radius 3 is 2.48 bits per heavy atom. The molecule has 1 heterocycles. The molecule has 21 heavy (non-hydrogen) atoms. The average Bonchev–Trinajstić information content (AvgIpc) is 2.46. The van der Waals surface area contributed by atoms with Crippen molar-refractivity contribution in [3.63, 3.8) is 0 Å². The van der Waals surface area contributed by atoms with Gasteiger partial charge in [0.05, 0.1) is 10.9 Å². The summed E-state index contributed by atoms with van der Waals surface area (Å²) in [6.07, 6.45) is 1.39. The SMILES string of the molecule is NC(=S)Cc1ccccc1C(=O)N1CCC(C(=O)O)CC1. The van der Waals surface area contributed by atoms with Crippen LogP contribution in [0, 0.1) is 5.92 Å². The summed E-state index contributed by atoms with van der Waals surface area (Å²) in [4.78, 5) is 25.6. The van der Waals surface area contributed by atoms with Crippen LogP contribution in [0.1, 0.15) is 28.8 Å². The fourth-order valence-electron chi connectivity index (χ4n) is 2.57. The topological polar surface area (TPSA) is 83.6 Å². The lowest BCUT2D eigenvalue weighted by Gasteiger charge is -2.30. The maximum Gasteiger partial charge on any atom is 0.306 e. The van der Waals surface area contributed by atoms with Gasteiger partial charge >= 0.3 is 5.97 Å². The number of hydrogen-bond acceptors (Lipinski definition) is 3. The van der Waals surface area contributed by atoms with Gasteiger partial charge in [0.15, 0.2) is 0 Å². The van der Waals surface area contributed by atoms with E-state index in [0.29, 0.717) is 42.9 Å². The van der Waals surface area contributed by atoms with Gasteiger partial charge in [-0.2, -0.15) is 0 Å². The number of carboxylic acid groups (broad SMARTS) is 1. The highest BCUT2D eigenvalue weighted by Crippen LogP contribution is 2.20. The lowest BCUT2D eigenvalue weighted by Crippen LogP contribution is -2.40. The third kappa shape index (κ3) is 3.78. The van der Waals surface area contributed by atoms with Crippen molar-refractivity contribution in [3.05, 3.63) is 35.4 Å². The van der Waals surface area contributed by atoms with Crippen molar-refractivity contribution in [2.45, 2.75) is 19.3 Å². The van der Waals surface area contributed by atoms with Crippen molar-refractivity contribution in [1.82, 2.24) is 4.90 Å². The number of likely N-dealkylation sites (tertiary alicyclic amines) is 1. The number of piperidine rings is 1. The summed E-state index contributed by atoms with van der Waals surface area (Å²) in [6, 6.07) is 7.26. The fourth-order valence-corrected chi connectivity index (χ4v) is 2.73. The van der Waals surface area contributed by atoms with Gasteiger partial charge in [-0.05, 0) is 24.5 Å². The van der Waals surface area contributed by atoms with Crippen LogP contribution in [0.15, 0.2) is 24.3 Å². The molecule has 0 aliphatic carbocycles. The van der Waals surface area contributed by atoms with Crippen LogP contribution in [0.5, 0.6) is 0 Å². The molecule has 1 saturated heterocycles. The largest absolute Gasteiger partial charge is 0.481 e. The fraction of sp³-hybridized carbons (Fsp3) is 0.400. The first-order valence-corrected chi connectivity index (χ1v) is 7.28. The third-order valence-corrected chi connectivity index (χ3v) is 3.89. The van der Waals surface area contributed by atoms with Gasteiger partial charge in [-0.1, -0.05) is 30.4 Å². The van der Waals surface area contributed by atoms with E-state index in [9.17, 15) is 9.59 Å². The minimum atomic E-state index is -0.782. The van der Waals surface area contributed by atoms with E-state index < -0.39 is 5.97 Å². The second kappa shape index (κ2) is 6.67. The van der Waals surface area contributed by atoms with Gasteiger partial charge in [0.25, 0.3) is 5.91 Å². The first kappa shape index (κ1) is 15.4. The first-order valence-electron chi connectivity index (χ1n) is 6.87. The number of amides is 1. The van der Waals surface area contributed by atoms with Crippen molar-refractivity contribution in [3.8, 4) is 0 Å². The summed E-state index contributed by atoms with van der Waals surface area (Å²) in [7, 11) is 0. The van der Waals surface area contributed by atoms with Crippen LogP contribution < -0.4 is 5.73 Å². The number of thiocarbonyl (C=S) groups is 1. The van der Waals surface area contributed by atoms with Gasteiger partial charge in [-0.25, -0.2) is 0 Å². The van der Waals surface area contributed by atoms with Gasteiger partial charge in [-0.3, -0.25) is 9.59 Å². The van der Waals surface area contributed by atoms with Crippen LogP contribution in [0.3, 0.4) is 0 Å². The molecule has 0 saturated carbocycles. The molecule has 1 aliphatic rings. The maximum absolute atomic E-state index is 12.6. The molecule has 0 bridgehead atoms.